The van der Waals surface area contributed by atoms with Gasteiger partial charge < -0.3 is 14.5 Å². The maximum absolute atomic E-state index is 5.71. The van der Waals surface area contributed by atoms with Crippen molar-refractivity contribution in [2.24, 2.45) is 0 Å². The second-order valence-electron chi connectivity index (χ2n) is 4.34. The van der Waals surface area contributed by atoms with Crippen LogP contribution < -0.4 is 10.1 Å². The van der Waals surface area contributed by atoms with Crippen LogP contribution in [-0.4, -0.2) is 19.1 Å². The zero-order chi connectivity index (χ0) is 13.3. The van der Waals surface area contributed by atoms with E-state index in [0.29, 0.717) is 6.01 Å². The highest BCUT2D eigenvalue weighted by Crippen LogP contribution is 2.37. The number of hydrogen-bond acceptors (Lipinski definition) is 4. The molecular formula is C14H18N2O2. The summed E-state index contributed by atoms with van der Waals surface area (Å²) in [5, 5.41) is 2.91. The lowest BCUT2D eigenvalue weighted by Crippen LogP contribution is -1.93. The quantitative estimate of drug-likeness (QED) is 0.902. The SMILES string of the molecule is CNc1nc(C)c(-c2c(C)cc(C)cc2OC)o1. The van der Waals surface area contributed by atoms with Gasteiger partial charge in [-0.05, 0) is 38.0 Å². The Hall–Kier alpha value is -1.97. The van der Waals surface area contributed by atoms with Crippen LogP contribution in [0, 0.1) is 20.8 Å². The third kappa shape index (κ3) is 2.06. The number of hydrogen-bond donors (Lipinski definition) is 1. The van der Waals surface area contributed by atoms with E-state index < -0.39 is 0 Å². The topological polar surface area (TPSA) is 47.3 Å². The molecule has 0 spiro atoms. The monoisotopic (exact) mass is 246 g/mol. The van der Waals surface area contributed by atoms with E-state index in [1.165, 1.54) is 5.56 Å². The van der Waals surface area contributed by atoms with Gasteiger partial charge in [-0.3, -0.25) is 0 Å². The van der Waals surface area contributed by atoms with Gasteiger partial charge >= 0.3 is 0 Å². The molecule has 2 aromatic rings. The van der Waals surface area contributed by atoms with E-state index in [-0.39, 0.29) is 0 Å². The highest BCUT2D eigenvalue weighted by molar-refractivity contribution is 5.72. The average Bonchev–Trinajstić information content (AvgIpc) is 2.69. The summed E-state index contributed by atoms with van der Waals surface area (Å²) >= 11 is 0. The average molecular weight is 246 g/mol. The van der Waals surface area contributed by atoms with E-state index in [4.69, 9.17) is 9.15 Å². The molecule has 96 valence electrons. The molecule has 0 amide bonds. The van der Waals surface area contributed by atoms with Gasteiger partial charge in [-0.2, -0.15) is 4.98 Å². The van der Waals surface area contributed by atoms with Gasteiger partial charge in [-0.25, -0.2) is 0 Å². The summed E-state index contributed by atoms with van der Waals surface area (Å²) < 4.78 is 11.2. The van der Waals surface area contributed by atoms with Crippen molar-refractivity contribution in [3.63, 3.8) is 0 Å². The molecule has 0 aliphatic carbocycles. The predicted octanol–water partition coefficient (Wildman–Crippen LogP) is 3.32. The zero-order valence-electron chi connectivity index (χ0n) is 11.4. The maximum Gasteiger partial charge on any atom is 0.295 e. The van der Waals surface area contributed by atoms with Gasteiger partial charge in [0.2, 0.25) is 0 Å². The van der Waals surface area contributed by atoms with E-state index in [0.717, 1.165) is 28.3 Å². The number of nitrogens with zero attached hydrogens (tertiary/aromatic N) is 1. The number of oxazole rings is 1. The van der Waals surface area contributed by atoms with Gasteiger partial charge in [-0.1, -0.05) is 6.07 Å². The Balaban J connectivity index is 2.65. The fourth-order valence-corrected chi connectivity index (χ4v) is 2.12. The molecular weight excluding hydrogens is 228 g/mol. The van der Waals surface area contributed by atoms with E-state index in [1.807, 2.05) is 26.8 Å². The Bertz CT molecular complexity index is 573. The Labute approximate surface area is 107 Å². The molecule has 2 rings (SSSR count). The summed E-state index contributed by atoms with van der Waals surface area (Å²) in [4.78, 5) is 4.31. The molecule has 1 heterocycles. The minimum Gasteiger partial charge on any atom is -0.496 e. The largest absolute Gasteiger partial charge is 0.496 e. The first kappa shape index (κ1) is 12.5. The second-order valence-corrected chi connectivity index (χ2v) is 4.34. The molecule has 0 saturated heterocycles. The fourth-order valence-electron chi connectivity index (χ4n) is 2.12. The van der Waals surface area contributed by atoms with Gasteiger partial charge in [0.1, 0.15) is 5.75 Å². The molecule has 0 bridgehead atoms. The number of anilines is 1. The van der Waals surface area contributed by atoms with Crippen molar-refractivity contribution in [3.05, 3.63) is 29.0 Å². The third-order valence-electron chi connectivity index (χ3n) is 2.90. The van der Waals surface area contributed by atoms with E-state index in [2.05, 4.69) is 16.4 Å². The molecule has 4 nitrogen and oxygen atoms in total. The van der Waals surface area contributed by atoms with Crippen molar-refractivity contribution in [1.82, 2.24) is 4.98 Å². The molecule has 0 radical (unpaired) electrons. The Morgan fingerprint density at radius 3 is 2.50 bits per heavy atom. The lowest BCUT2D eigenvalue weighted by Gasteiger charge is -2.11. The maximum atomic E-state index is 5.71. The second kappa shape index (κ2) is 4.72. The van der Waals surface area contributed by atoms with Crippen molar-refractivity contribution in [1.29, 1.82) is 0 Å². The first-order valence-corrected chi connectivity index (χ1v) is 5.87. The highest BCUT2D eigenvalue weighted by atomic mass is 16.5. The van der Waals surface area contributed by atoms with Crippen molar-refractivity contribution in [3.8, 4) is 17.1 Å². The summed E-state index contributed by atoms with van der Waals surface area (Å²) in [6.45, 7) is 6.02. The summed E-state index contributed by atoms with van der Waals surface area (Å²) in [6, 6.07) is 4.63. The molecule has 4 heteroatoms. The minimum absolute atomic E-state index is 0.518. The van der Waals surface area contributed by atoms with Gasteiger partial charge in [0.15, 0.2) is 5.76 Å². The molecule has 0 unspecified atom stereocenters. The van der Waals surface area contributed by atoms with Gasteiger partial charge in [-0.15, -0.1) is 0 Å². The molecule has 1 aromatic carbocycles. The Morgan fingerprint density at radius 1 is 1.22 bits per heavy atom. The lowest BCUT2D eigenvalue weighted by atomic mass is 10.0. The van der Waals surface area contributed by atoms with Crippen molar-refractivity contribution in [2.75, 3.05) is 19.5 Å². The fraction of sp³-hybridized carbons (Fsp3) is 0.357. The molecule has 0 fully saturated rings. The van der Waals surface area contributed by atoms with Crippen LogP contribution >= 0.6 is 0 Å². The summed E-state index contributed by atoms with van der Waals surface area (Å²) in [6.07, 6.45) is 0. The third-order valence-corrected chi connectivity index (χ3v) is 2.90. The number of aryl methyl sites for hydroxylation is 3. The molecule has 1 aromatic heterocycles. The Morgan fingerprint density at radius 2 is 1.94 bits per heavy atom. The van der Waals surface area contributed by atoms with Crippen LogP contribution in [0.3, 0.4) is 0 Å². The van der Waals surface area contributed by atoms with Crippen LogP contribution in [0.15, 0.2) is 16.5 Å². The van der Waals surface area contributed by atoms with Gasteiger partial charge in [0.05, 0.1) is 18.4 Å². The lowest BCUT2D eigenvalue weighted by molar-refractivity contribution is 0.414. The molecule has 1 N–H and O–H groups in total. The van der Waals surface area contributed by atoms with Crippen LogP contribution in [0.2, 0.25) is 0 Å². The number of rotatable bonds is 3. The van der Waals surface area contributed by atoms with Gasteiger partial charge in [0, 0.05) is 7.05 Å². The Kier molecular flexibility index (Phi) is 3.28. The van der Waals surface area contributed by atoms with E-state index in [1.54, 1.807) is 14.2 Å². The molecule has 0 aliphatic heterocycles. The summed E-state index contributed by atoms with van der Waals surface area (Å²) in [7, 11) is 3.46. The normalized spacial score (nSPS) is 10.5. The van der Waals surface area contributed by atoms with Crippen LogP contribution in [-0.2, 0) is 0 Å². The van der Waals surface area contributed by atoms with Crippen molar-refractivity contribution in [2.45, 2.75) is 20.8 Å². The summed E-state index contributed by atoms with van der Waals surface area (Å²) in [5.41, 5.74) is 4.10. The minimum atomic E-state index is 0.518. The first-order valence-electron chi connectivity index (χ1n) is 5.87. The number of benzene rings is 1. The zero-order valence-corrected chi connectivity index (χ0v) is 11.4. The number of ether oxygens (including phenoxy) is 1. The van der Waals surface area contributed by atoms with Crippen molar-refractivity contribution >= 4 is 6.01 Å². The standard InChI is InChI=1S/C14H18N2O2/c1-8-6-9(2)12(11(7-8)17-5)13-10(3)16-14(15-4)18-13/h6-7H,1-5H3,(H,15,16). The summed E-state index contributed by atoms with van der Waals surface area (Å²) in [5.74, 6) is 1.57. The van der Waals surface area contributed by atoms with Crippen LogP contribution in [0.25, 0.3) is 11.3 Å². The number of methoxy groups -OCH3 is 1. The van der Waals surface area contributed by atoms with E-state index in [9.17, 15) is 0 Å². The smallest absolute Gasteiger partial charge is 0.295 e. The van der Waals surface area contributed by atoms with Crippen LogP contribution in [0.1, 0.15) is 16.8 Å². The molecule has 0 saturated carbocycles. The first-order chi connectivity index (χ1) is 8.56. The number of aromatic nitrogens is 1. The molecule has 18 heavy (non-hydrogen) atoms. The van der Waals surface area contributed by atoms with Crippen molar-refractivity contribution < 1.29 is 9.15 Å². The predicted molar refractivity (Wildman–Crippen MR) is 72.2 cm³/mol. The van der Waals surface area contributed by atoms with Crippen LogP contribution in [0.5, 0.6) is 5.75 Å². The van der Waals surface area contributed by atoms with E-state index >= 15 is 0 Å². The highest BCUT2D eigenvalue weighted by Gasteiger charge is 2.18. The number of nitrogens with one attached hydrogen (secondary N) is 1. The molecule has 0 atom stereocenters. The van der Waals surface area contributed by atoms with Gasteiger partial charge in [0.25, 0.3) is 6.01 Å². The molecule has 0 aliphatic rings. The van der Waals surface area contributed by atoms with Crippen LogP contribution in [0.4, 0.5) is 6.01 Å².